The van der Waals surface area contributed by atoms with E-state index in [0.717, 1.165) is 25.9 Å². The molecule has 1 atom stereocenters. The van der Waals surface area contributed by atoms with Gasteiger partial charge in [0.2, 0.25) is 0 Å². The lowest BCUT2D eigenvalue weighted by Crippen LogP contribution is -2.48. The third-order valence-electron chi connectivity index (χ3n) is 3.51. The maximum absolute atomic E-state index is 12.5. The van der Waals surface area contributed by atoms with E-state index in [0.29, 0.717) is 12.1 Å². The summed E-state index contributed by atoms with van der Waals surface area (Å²) in [5.74, 6) is -0.0290. The van der Waals surface area contributed by atoms with Crippen LogP contribution in [0.25, 0.3) is 0 Å². The summed E-state index contributed by atoms with van der Waals surface area (Å²) >= 11 is 5.86. The highest BCUT2D eigenvalue weighted by atomic mass is 35.5. The fourth-order valence-electron chi connectivity index (χ4n) is 2.47. The number of piperidine rings is 1. The lowest BCUT2D eigenvalue weighted by molar-refractivity contribution is 0.0662. The zero-order chi connectivity index (χ0) is 13.8. The smallest absolute Gasteiger partial charge is 0.254 e. The average molecular weight is 283 g/mol. The molecule has 1 amide bonds. The molecular formula is C14H19ClN2O2. The Balaban J connectivity index is 2.17. The van der Waals surface area contributed by atoms with Crippen LogP contribution in [0.3, 0.4) is 0 Å². The molecule has 1 heterocycles. The van der Waals surface area contributed by atoms with Crippen molar-refractivity contribution in [1.29, 1.82) is 0 Å². The molecule has 0 spiro atoms. The van der Waals surface area contributed by atoms with Crippen molar-refractivity contribution in [2.75, 3.05) is 19.6 Å². The summed E-state index contributed by atoms with van der Waals surface area (Å²) in [5.41, 5.74) is 0.523. The molecule has 0 bridgehead atoms. The minimum atomic E-state index is -0.0295. The van der Waals surface area contributed by atoms with Gasteiger partial charge in [0.05, 0.1) is 5.02 Å². The average Bonchev–Trinajstić information content (AvgIpc) is 2.44. The largest absolute Gasteiger partial charge is 0.506 e. The number of nitrogens with zero attached hydrogens (tertiary/aromatic N) is 1. The molecule has 1 aromatic carbocycles. The second kappa shape index (κ2) is 6.26. The summed E-state index contributed by atoms with van der Waals surface area (Å²) < 4.78 is 0. The zero-order valence-electron chi connectivity index (χ0n) is 11.0. The molecule has 1 aliphatic heterocycles. The number of carbonyl (C=O) groups excluding carboxylic acids is 1. The van der Waals surface area contributed by atoms with Crippen molar-refractivity contribution < 1.29 is 9.90 Å². The predicted octanol–water partition coefficient (Wildman–Crippen LogP) is 2.26. The molecule has 1 aromatic rings. The van der Waals surface area contributed by atoms with E-state index >= 15 is 0 Å². The van der Waals surface area contributed by atoms with Gasteiger partial charge in [0.1, 0.15) is 5.75 Å². The number of rotatable bonds is 3. The third kappa shape index (κ3) is 3.19. The minimum Gasteiger partial charge on any atom is -0.506 e. The van der Waals surface area contributed by atoms with Gasteiger partial charge in [-0.3, -0.25) is 4.79 Å². The number of amides is 1. The van der Waals surface area contributed by atoms with Gasteiger partial charge in [-0.1, -0.05) is 11.6 Å². The first-order chi connectivity index (χ1) is 9.13. The van der Waals surface area contributed by atoms with Crippen LogP contribution in [0.15, 0.2) is 18.2 Å². The van der Waals surface area contributed by atoms with Crippen LogP contribution in [-0.2, 0) is 0 Å². The quantitative estimate of drug-likeness (QED) is 0.894. The molecule has 1 aliphatic rings. The maximum Gasteiger partial charge on any atom is 0.254 e. The van der Waals surface area contributed by atoms with Crippen LogP contribution in [0.4, 0.5) is 0 Å². The van der Waals surface area contributed by atoms with Gasteiger partial charge in [-0.05, 0) is 44.5 Å². The second-order valence-electron chi connectivity index (χ2n) is 4.76. The molecule has 0 radical (unpaired) electrons. The number of carbonyl (C=O) groups is 1. The molecule has 0 aliphatic carbocycles. The molecule has 1 unspecified atom stereocenters. The van der Waals surface area contributed by atoms with Gasteiger partial charge < -0.3 is 15.3 Å². The minimum absolute atomic E-state index is 0.000554. The molecule has 5 heteroatoms. The lowest BCUT2D eigenvalue weighted by atomic mass is 10.0. The van der Waals surface area contributed by atoms with Gasteiger partial charge in [-0.2, -0.15) is 0 Å². The molecule has 104 valence electrons. The van der Waals surface area contributed by atoms with E-state index in [1.807, 2.05) is 11.8 Å². The number of hydrogen-bond acceptors (Lipinski definition) is 3. The van der Waals surface area contributed by atoms with E-state index in [2.05, 4.69) is 5.32 Å². The van der Waals surface area contributed by atoms with Crippen LogP contribution >= 0.6 is 11.6 Å². The standard InChI is InChI=1S/C14H19ClN2O2/c1-2-17(11-4-3-7-16-9-11)14(19)10-5-6-13(18)12(15)8-10/h5-6,8,11,16,18H,2-4,7,9H2,1H3. The molecule has 19 heavy (non-hydrogen) atoms. The molecule has 2 N–H and O–H groups in total. The molecule has 1 saturated heterocycles. The normalized spacial score (nSPS) is 19.2. The first-order valence-electron chi connectivity index (χ1n) is 6.63. The topological polar surface area (TPSA) is 52.6 Å². The summed E-state index contributed by atoms with van der Waals surface area (Å²) in [5, 5.41) is 12.9. The van der Waals surface area contributed by atoms with Crippen LogP contribution in [0, 0.1) is 0 Å². The Kier molecular flexibility index (Phi) is 4.66. The predicted molar refractivity (Wildman–Crippen MR) is 75.7 cm³/mol. The van der Waals surface area contributed by atoms with Gasteiger partial charge >= 0.3 is 0 Å². The van der Waals surface area contributed by atoms with Gasteiger partial charge in [0.15, 0.2) is 0 Å². The number of hydrogen-bond donors (Lipinski definition) is 2. The van der Waals surface area contributed by atoms with E-state index in [9.17, 15) is 9.90 Å². The van der Waals surface area contributed by atoms with Crippen LogP contribution in [0.1, 0.15) is 30.1 Å². The summed E-state index contributed by atoms with van der Waals surface area (Å²) in [7, 11) is 0. The van der Waals surface area contributed by atoms with E-state index in [-0.39, 0.29) is 22.7 Å². The number of phenols is 1. The van der Waals surface area contributed by atoms with Crippen molar-refractivity contribution in [3.8, 4) is 5.75 Å². The molecular weight excluding hydrogens is 264 g/mol. The maximum atomic E-state index is 12.5. The first-order valence-corrected chi connectivity index (χ1v) is 7.01. The first kappa shape index (κ1) is 14.2. The van der Waals surface area contributed by atoms with Gasteiger partial charge in [-0.25, -0.2) is 0 Å². The van der Waals surface area contributed by atoms with Gasteiger partial charge in [0, 0.05) is 24.7 Å². The van der Waals surface area contributed by atoms with E-state index in [1.54, 1.807) is 6.07 Å². The number of likely N-dealkylation sites (N-methyl/N-ethyl adjacent to an activating group) is 1. The van der Waals surface area contributed by atoms with Gasteiger partial charge in [0.25, 0.3) is 5.91 Å². The lowest BCUT2D eigenvalue weighted by Gasteiger charge is -2.34. The number of phenolic OH excluding ortho intramolecular Hbond substituents is 1. The molecule has 4 nitrogen and oxygen atoms in total. The van der Waals surface area contributed by atoms with E-state index in [4.69, 9.17) is 11.6 Å². The third-order valence-corrected chi connectivity index (χ3v) is 3.81. The van der Waals surface area contributed by atoms with Crippen molar-refractivity contribution in [2.45, 2.75) is 25.8 Å². The summed E-state index contributed by atoms with van der Waals surface area (Å²) in [6, 6.07) is 4.84. The Morgan fingerprint density at radius 1 is 1.58 bits per heavy atom. The van der Waals surface area contributed by atoms with Crippen LogP contribution < -0.4 is 5.32 Å². The second-order valence-corrected chi connectivity index (χ2v) is 5.16. The molecule has 2 rings (SSSR count). The summed E-state index contributed by atoms with van der Waals surface area (Å²) in [6.45, 7) is 4.51. The van der Waals surface area contributed by atoms with Crippen molar-refractivity contribution >= 4 is 17.5 Å². The Labute approximate surface area is 118 Å². The molecule has 1 fully saturated rings. The molecule has 0 aromatic heterocycles. The highest BCUT2D eigenvalue weighted by molar-refractivity contribution is 6.32. The van der Waals surface area contributed by atoms with Crippen LogP contribution in [0.2, 0.25) is 5.02 Å². The summed E-state index contributed by atoms with van der Waals surface area (Å²) in [4.78, 5) is 14.4. The Hall–Kier alpha value is -1.26. The Morgan fingerprint density at radius 2 is 2.37 bits per heavy atom. The highest BCUT2D eigenvalue weighted by Gasteiger charge is 2.25. The van der Waals surface area contributed by atoms with Crippen LogP contribution in [-0.4, -0.2) is 41.6 Å². The highest BCUT2D eigenvalue weighted by Crippen LogP contribution is 2.25. The van der Waals surface area contributed by atoms with Crippen molar-refractivity contribution in [2.24, 2.45) is 0 Å². The monoisotopic (exact) mass is 282 g/mol. The van der Waals surface area contributed by atoms with E-state index in [1.165, 1.54) is 12.1 Å². The fraction of sp³-hybridized carbons (Fsp3) is 0.500. The van der Waals surface area contributed by atoms with E-state index < -0.39 is 0 Å². The number of aromatic hydroxyl groups is 1. The summed E-state index contributed by atoms with van der Waals surface area (Å²) in [6.07, 6.45) is 2.11. The number of halogens is 1. The SMILES string of the molecule is CCN(C(=O)c1ccc(O)c(Cl)c1)C1CCCNC1. The van der Waals surface area contributed by atoms with Crippen LogP contribution in [0.5, 0.6) is 5.75 Å². The Bertz CT molecular complexity index is 459. The fourth-order valence-corrected chi connectivity index (χ4v) is 2.65. The Morgan fingerprint density at radius 3 is 2.95 bits per heavy atom. The molecule has 0 saturated carbocycles. The number of nitrogens with one attached hydrogen (secondary N) is 1. The number of benzene rings is 1. The van der Waals surface area contributed by atoms with Crippen molar-refractivity contribution in [3.05, 3.63) is 28.8 Å². The van der Waals surface area contributed by atoms with Crippen molar-refractivity contribution in [3.63, 3.8) is 0 Å². The zero-order valence-corrected chi connectivity index (χ0v) is 11.8. The van der Waals surface area contributed by atoms with Gasteiger partial charge in [-0.15, -0.1) is 0 Å². The van der Waals surface area contributed by atoms with Crippen molar-refractivity contribution in [1.82, 2.24) is 10.2 Å².